The molecule has 6 nitrogen and oxygen atoms in total. The Hall–Kier alpha value is -2.60. The van der Waals surface area contributed by atoms with E-state index >= 15 is 0 Å². The normalized spacial score (nSPS) is 17.4. The summed E-state index contributed by atoms with van der Waals surface area (Å²) in [5, 5.41) is 0. The molecule has 1 aliphatic heterocycles. The molecule has 1 fully saturated rings. The van der Waals surface area contributed by atoms with E-state index < -0.39 is 12.0 Å². The van der Waals surface area contributed by atoms with Crippen LogP contribution in [0.2, 0.25) is 0 Å². The van der Waals surface area contributed by atoms with Gasteiger partial charge in [0, 0.05) is 23.6 Å². The van der Waals surface area contributed by atoms with Crippen molar-refractivity contribution in [3.8, 4) is 5.69 Å². The molecular formula is C21H27N3O3. The van der Waals surface area contributed by atoms with Gasteiger partial charge in [0.05, 0.1) is 18.7 Å². The molecule has 1 atom stereocenters. The molecule has 2 aromatic rings. The first-order valence-corrected chi connectivity index (χ1v) is 9.29. The summed E-state index contributed by atoms with van der Waals surface area (Å²) in [4.78, 5) is 26.1. The molecule has 3 rings (SSSR count). The highest BCUT2D eigenvalue weighted by Gasteiger charge is 2.30. The number of hydrogen-bond donors (Lipinski definition) is 1. The quantitative estimate of drug-likeness (QED) is 0.900. The summed E-state index contributed by atoms with van der Waals surface area (Å²) >= 11 is 0. The second-order valence-electron chi connectivity index (χ2n) is 7.38. The van der Waals surface area contributed by atoms with Crippen LogP contribution in [0.1, 0.15) is 47.1 Å². The zero-order valence-electron chi connectivity index (χ0n) is 16.4. The molecule has 144 valence electrons. The number of nitrogens with zero attached hydrogens (tertiary/aromatic N) is 2. The first kappa shape index (κ1) is 19.2. The first-order chi connectivity index (χ1) is 12.8. The molecule has 0 aliphatic carbocycles. The molecule has 2 N–H and O–H groups in total. The van der Waals surface area contributed by atoms with Gasteiger partial charge in [-0.25, -0.2) is 0 Å². The van der Waals surface area contributed by atoms with Gasteiger partial charge in [0.25, 0.3) is 5.91 Å². The van der Waals surface area contributed by atoms with Gasteiger partial charge in [0.1, 0.15) is 0 Å². The van der Waals surface area contributed by atoms with E-state index in [1.807, 2.05) is 26.0 Å². The molecule has 1 aliphatic rings. The van der Waals surface area contributed by atoms with Gasteiger partial charge in [0.15, 0.2) is 6.10 Å². The molecule has 0 radical (unpaired) electrons. The number of ether oxygens (including phenoxy) is 1. The summed E-state index contributed by atoms with van der Waals surface area (Å²) in [5.74, 6) is -0.200. The number of amides is 2. The minimum atomic E-state index is -0.742. The largest absolute Gasteiger partial charge is 0.367 e. The van der Waals surface area contributed by atoms with Crippen LogP contribution >= 0.6 is 0 Å². The SMILES string of the molecule is Cc1cc(C(=O)N2CCOC(C(N)=O)C2)c(C)n1-c1cccc(C(C)C)c1. The van der Waals surface area contributed by atoms with Gasteiger partial charge in [-0.15, -0.1) is 0 Å². The predicted octanol–water partition coefficient (Wildman–Crippen LogP) is 2.54. The average molecular weight is 369 g/mol. The molecule has 27 heavy (non-hydrogen) atoms. The van der Waals surface area contributed by atoms with E-state index in [1.54, 1.807) is 4.90 Å². The molecule has 1 unspecified atom stereocenters. The fourth-order valence-electron chi connectivity index (χ4n) is 3.58. The third kappa shape index (κ3) is 3.76. The minimum Gasteiger partial charge on any atom is -0.367 e. The molecule has 1 aromatic carbocycles. The van der Waals surface area contributed by atoms with E-state index in [2.05, 4.69) is 36.6 Å². The smallest absolute Gasteiger partial charge is 0.255 e. The van der Waals surface area contributed by atoms with Crippen LogP contribution in [-0.2, 0) is 9.53 Å². The number of carbonyl (C=O) groups excluding carboxylic acids is 2. The number of hydrogen-bond acceptors (Lipinski definition) is 3. The molecule has 1 saturated heterocycles. The Morgan fingerprint density at radius 2 is 1.96 bits per heavy atom. The molecule has 0 bridgehead atoms. The third-order valence-electron chi connectivity index (χ3n) is 5.13. The predicted molar refractivity (Wildman–Crippen MR) is 104 cm³/mol. The standard InChI is InChI=1S/C21H27N3O3/c1-13(2)16-6-5-7-17(11-16)24-14(3)10-18(15(24)4)21(26)23-8-9-27-19(12-23)20(22)25/h5-7,10-11,13,19H,8-9,12H2,1-4H3,(H2,22,25). The van der Waals surface area contributed by atoms with Crippen molar-refractivity contribution in [1.29, 1.82) is 0 Å². The summed E-state index contributed by atoms with van der Waals surface area (Å²) in [5.41, 5.74) is 10.2. The molecule has 2 amide bonds. The highest BCUT2D eigenvalue weighted by molar-refractivity contribution is 5.96. The maximum Gasteiger partial charge on any atom is 0.255 e. The van der Waals surface area contributed by atoms with Gasteiger partial charge in [0.2, 0.25) is 5.91 Å². The van der Waals surface area contributed by atoms with Crippen molar-refractivity contribution in [2.24, 2.45) is 5.73 Å². The van der Waals surface area contributed by atoms with Crippen LogP contribution in [0.15, 0.2) is 30.3 Å². The van der Waals surface area contributed by atoms with Crippen molar-refractivity contribution in [3.63, 3.8) is 0 Å². The maximum atomic E-state index is 13.1. The Labute approximate surface area is 159 Å². The first-order valence-electron chi connectivity index (χ1n) is 9.29. The van der Waals surface area contributed by atoms with Crippen molar-refractivity contribution < 1.29 is 14.3 Å². The maximum absolute atomic E-state index is 13.1. The Balaban J connectivity index is 1.93. The molecule has 0 saturated carbocycles. The summed E-state index contributed by atoms with van der Waals surface area (Å²) < 4.78 is 7.45. The Morgan fingerprint density at radius 3 is 2.63 bits per heavy atom. The molecule has 6 heteroatoms. The number of carbonyl (C=O) groups is 2. The summed E-state index contributed by atoms with van der Waals surface area (Å²) in [6.45, 7) is 9.24. The highest BCUT2D eigenvalue weighted by Crippen LogP contribution is 2.25. The van der Waals surface area contributed by atoms with E-state index in [4.69, 9.17) is 10.5 Å². The van der Waals surface area contributed by atoms with Gasteiger partial charge in [-0.2, -0.15) is 0 Å². The lowest BCUT2D eigenvalue weighted by Crippen LogP contribution is -2.50. The van der Waals surface area contributed by atoms with Crippen LogP contribution in [0.3, 0.4) is 0 Å². The number of rotatable bonds is 4. The van der Waals surface area contributed by atoms with E-state index in [9.17, 15) is 9.59 Å². The van der Waals surface area contributed by atoms with Crippen LogP contribution in [-0.4, -0.2) is 47.1 Å². The van der Waals surface area contributed by atoms with Crippen molar-refractivity contribution in [1.82, 2.24) is 9.47 Å². The second kappa shape index (κ2) is 7.56. The van der Waals surface area contributed by atoms with E-state index in [0.29, 0.717) is 24.6 Å². The Morgan fingerprint density at radius 1 is 1.22 bits per heavy atom. The zero-order chi connectivity index (χ0) is 19.7. The van der Waals surface area contributed by atoms with E-state index in [0.717, 1.165) is 17.1 Å². The summed E-state index contributed by atoms with van der Waals surface area (Å²) in [6, 6.07) is 10.3. The van der Waals surface area contributed by atoms with Crippen molar-refractivity contribution in [2.75, 3.05) is 19.7 Å². The van der Waals surface area contributed by atoms with E-state index in [1.165, 1.54) is 5.56 Å². The molecular weight excluding hydrogens is 342 g/mol. The molecule has 2 heterocycles. The lowest BCUT2D eigenvalue weighted by molar-refractivity contribution is -0.133. The number of primary amides is 1. The lowest BCUT2D eigenvalue weighted by Gasteiger charge is -2.31. The van der Waals surface area contributed by atoms with Crippen molar-refractivity contribution in [2.45, 2.75) is 39.7 Å². The zero-order valence-corrected chi connectivity index (χ0v) is 16.4. The van der Waals surface area contributed by atoms with Gasteiger partial charge < -0.3 is 19.9 Å². The summed E-state index contributed by atoms with van der Waals surface area (Å²) in [6.07, 6.45) is -0.742. The lowest BCUT2D eigenvalue weighted by atomic mass is 10.0. The van der Waals surface area contributed by atoms with Crippen LogP contribution in [0.4, 0.5) is 0 Å². The van der Waals surface area contributed by atoms with Gasteiger partial charge in [-0.3, -0.25) is 9.59 Å². The number of aryl methyl sites for hydroxylation is 1. The van der Waals surface area contributed by atoms with E-state index in [-0.39, 0.29) is 12.5 Å². The van der Waals surface area contributed by atoms with Crippen LogP contribution in [0.5, 0.6) is 0 Å². The van der Waals surface area contributed by atoms with Crippen LogP contribution in [0.25, 0.3) is 5.69 Å². The average Bonchev–Trinajstić information content (AvgIpc) is 2.95. The fourth-order valence-corrected chi connectivity index (χ4v) is 3.58. The third-order valence-corrected chi connectivity index (χ3v) is 5.13. The van der Waals surface area contributed by atoms with Crippen LogP contribution < -0.4 is 5.73 Å². The van der Waals surface area contributed by atoms with Crippen molar-refractivity contribution in [3.05, 3.63) is 52.8 Å². The number of aromatic nitrogens is 1. The fraction of sp³-hybridized carbons (Fsp3) is 0.429. The van der Waals surface area contributed by atoms with Gasteiger partial charge in [-0.05, 0) is 43.5 Å². The Kier molecular flexibility index (Phi) is 5.37. The van der Waals surface area contributed by atoms with Crippen LogP contribution in [0, 0.1) is 13.8 Å². The molecule has 1 aromatic heterocycles. The monoisotopic (exact) mass is 369 g/mol. The number of benzene rings is 1. The molecule has 0 spiro atoms. The Bertz CT molecular complexity index is 870. The number of morpholine rings is 1. The summed E-state index contributed by atoms with van der Waals surface area (Å²) in [7, 11) is 0. The second-order valence-corrected chi connectivity index (χ2v) is 7.38. The topological polar surface area (TPSA) is 77.6 Å². The van der Waals surface area contributed by atoms with Gasteiger partial charge >= 0.3 is 0 Å². The van der Waals surface area contributed by atoms with Crippen molar-refractivity contribution >= 4 is 11.8 Å². The number of nitrogens with two attached hydrogens (primary N) is 1. The minimum absolute atomic E-state index is 0.0936. The van der Waals surface area contributed by atoms with Gasteiger partial charge in [-0.1, -0.05) is 26.0 Å². The highest BCUT2D eigenvalue weighted by atomic mass is 16.5.